The summed E-state index contributed by atoms with van der Waals surface area (Å²) in [5.41, 5.74) is 3.73. The zero-order valence-electron chi connectivity index (χ0n) is 19.6. The highest BCUT2D eigenvalue weighted by atomic mass is 16.5. The zero-order valence-corrected chi connectivity index (χ0v) is 19.6. The molecule has 0 unspecified atom stereocenters. The number of nitrogens with zero attached hydrogens (tertiary/aromatic N) is 2. The second-order valence-corrected chi connectivity index (χ2v) is 7.68. The summed E-state index contributed by atoms with van der Waals surface area (Å²) in [6.07, 6.45) is -0.410. The summed E-state index contributed by atoms with van der Waals surface area (Å²) in [6, 6.07) is 14.0. The van der Waals surface area contributed by atoms with Crippen molar-refractivity contribution in [3.63, 3.8) is 0 Å². The van der Waals surface area contributed by atoms with Gasteiger partial charge in [0, 0.05) is 13.5 Å². The van der Waals surface area contributed by atoms with Gasteiger partial charge in [0.15, 0.2) is 0 Å². The van der Waals surface area contributed by atoms with Crippen molar-refractivity contribution < 1.29 is 33.4 Å². The number of carbonyl (C=O) groups is 5. The summed E-state index contributed by atoms with van der Waals surface area (Å²) in [4.78, 5) is 64.7. The molecule has 1 heterocycles. The van der Waals surface area contributed by atoms with Gasteiger partial charge in [0.2, 0.25) is 0 Å². The maximum Gasteiger partial charge on any atom is 0.327 e. The van der Waals surface area contributed by atoms with E-state index in [0.717, 1.165) is 15.5 Å². The molecule has 0 saturated heterocycles. The lowest BCUT2D eigenvalue weighted by molar-refractivity contribution is -0.153. The molecule has 0 spiro atoms. The van der Waals surface area contributed by atoms with Crippen molar-refractivity contribution in [3.8, 4) is 0 Å². The molecule has 0 aliphatic carbocycles. The molecule has 1 aliphatic rings. The van der Waals surface area contributed by atoms with E-state index < -0.39 is 42.2 Å². The monoisotopic (exact) mass is 481 g/mol. The second kappa shape index (κ2) is 11.9. The SMILES string of the molecule is CCOC(=O)CN(NC)C(=O)[C@H](CCC(=O)OCc1ccccc1)N1C(=O)c2ccccc2C1=O. The van der Waals surface area contributed by atoms with Gasteiger partial charge in [-0.3, -0.25) is 33.9 Å². The Labute approximate surface area is 202 Å². The highest BCUT2D eigenvalue weighted by Crippen LogP contribution is 2.27. The minimum Gasteiger partial charge on any atom is -0.465 e. The fourth-order valence-corrected chi connectivity index (χ4v) is 3.70. The average molecular weight is 482 g/mol. The Kier molecular flexibility index (Phi) is 8.69. The smallest absolute Gasteiger partial charge is 0.327 e. The maximum atomic E-state index is 13.4. The molecule has 184 valence electrons. The average Bonchev–Trinajstić information content (AvgIpc) is 3.12. The van der Waals surface area contributed by atoms with Gasteiger partial charge in [-0.15, -0.1) is 0 Å². The van der Waals surface area contributed by atoms with Gasteiger partial charge in [-0.2, -0.15) is 0 Å². The van der Waals surface area contributed by atoms with Crippen LogP contribution in [0.5, 0.6) is 0 Å². The van der Waals surface area contributed by atoms with E-state index in [2.05, 4.69) is 5.43 Å². The largest absolute Gasteiger partial charge is 0.465 e. The van der Waals surface area contributed by atoms with E-state index in [1.807, 2.05) is 18.2 Å². The molecule has 10 nitrogen and oxygen atoms in total. The summed E-state index contributed by atoms with van der Waals surface area (Å²) in [7, 11) is 1.42. The fourth-order valence-electron chi connectivity index (χ4n) is 3.70. The molecule has 3 amide bonds. The summed E-state index contributed by atoms with van der Waals surface area (Å²) >= 11 is 0. The van der Waals surface area contributed by atoms with Crippen molar-refractivity contribution in [1.29, 1.82) is 0 Å². The third-order valence-corrected chi connectivity index (χ3v) is 5.42. The Morgan fingerprint density at radius 2 is 1.51 bits per heavy atom. The maximum absolute atomic E-state index is 13.4. The van der Waals surface area contributed by atoms with Crippen LogP contribution in [0.1, 0.15) is 46.0 Å². The topological polar surface area (TPSA) is 122 Å². The molecule has 0 aromatic heterocycles. The van der Waals surface area contributed by atoms with E-state index in [-0.39, 0.29) is 37.2 Å². The lowest BCUT2D eigenvalue weighted by Gasteiger charge is -2.30. The second-order valence-electron chi connectivity index (χ2n) is 7.68. The first kappa shape index (κ1) is 25.6. The summed E-state index contributed by atoms with van der Waals surface area (Å²) in [6.45, 7) is 1.36. The summed E-state index contributed by atoms with van der Waals surface area (Å²) < 4.78 is 10.2. The normalized spacial score (nSPS) is 13.3. The molecule has 1 N–H and O–H groups in total. The van der Waals surface area contributed by atoms with Gasteiger partial charge in [-0.1, -0.05) is 42.5 Å². The van der Waals surface area contributed by atoms with Gasteiger partial charge >= 0.3 is 11.9 Å². The number of ether oxygens (including phenoxy) is 2. The molecule has 0 fully saturated rings. The number of benzene rings is 2. The molecule has 3 rings (SSSR count). The molecule has 0 saturated carbocycles. The standard InChI is InChI=1S/C25H27N3O7/c1-3-34-22(30)15-27(26-2)25(33)20(13-14-21(29)35-16-17-9-5-4-6-10-17)28-23(31)18-11-7-8-12-19(18)24(28)32/h4-12,20,26H,3,13-16H2,1-2H3/t20-/m0/s1. The fraction of sp³-hybridized carbons (Fsp3) is 0.320. The minimum atomic E-state index is -1.34. The van der Waals surface area contributed by atoms with Crippen LogP contribution in [0.25, 0.3) is 0 Å². The van der Waals surface area contributed by atoms with Crippen LogP contribution in [0.4, 0.5) is 0 Å². The summed E-state index contributed by atoms with van der Waals surface area (Å²) in [5, 5.41) is 0.960. The number of hydrogen-bond acceptors (Lipinski definition) is 8. The molecule has 35 heavy (non-hydrogen) atoms. The first-order valence-corrected chi connectivity index (χ1v) is 11.2. The number of hydrazine groups is 1. The molecule has 1 atom stereocenters. The predicted molar refractivity (Wildman–Crippen MR) is 124 cm³/mol. The van der Waals surface area contributed by atoms with Gasteiger partial charge in [-0.05, 0) is 31.0 Å². The van der Waals surface area contributed by atoms with Crippen molar-refractivity contribution in [2.75, 3.05) is 20.2 Å². The molecule has 0 bridgehead atoms. The minimum absolute atomic E-state index is 0.0524. The molecule has 1 aliphatic heterocycles. The Morgan fingerprint density at radius 1 is 0.914 bits per heavy atom. The van der Waals surface area contributed by atoms with Crippen LogP contribution in [0.15, 0.2) is 54.6 Å². The van der Waals surface area contributed by atoms with Crippen LogP contribution in [0, 0.1) is 0 Å². The van der Waals surface area contributed by atoms with E-state index in [1.165, 1.54) is 19.2 Å². The molecule has 10 heteroatoms. The van der Waals surface area contributed by atoms with Crippen molar-refractivity contribution in [1.82, 2.24) is 15.3 Å². The quantitative estimate of drug-likeness (QED) is 0.292. The van der Waals surface area contributed by atoms with E-state index in [1.54, 1.807) is 31.2 Å². The van der Waals surface area contributed by atoms with Crippen molar-refractivity contribution >= 4 is 29.7 Å². The first-order valence-electron chi connectivity index (χ1n) is 11.2. The third kappa shape index (κ3) is 6.10. The van der Waals surface area contributed by atoms with E-state index in [0.29, 0.717) is 0 Å². The van der Waals surface area contributed by atoms with E-state index in [4.69, 9.17) is 9.47 Å². The Balaban J connectivity index is 1.78. The Bertz CT molecular complexity index is 1070. The van der Waals surface area contributed by atoms with Crippen LogP contribution in [0.2, 0.25) is 0 Å². The van der Waals surface area contributed by atoms with E-state index in [9.17, 15) is 24.0 Å². The lowest BCUT2D eigenvalue weighted by Crippen LogP contribution is -2.55. The molecule has 0 radical (unpaired) electrons. The van der Waals surface area contributed by atoms with Crippen LogP contribution in [0.3, 0.4) is 0 Å². The van der Waals surface area contributed by atoms with Crippen LogP contribution in [-0.2, 0) is 30.5 Å². The van der Waals surface area contributed by atoms with Crippen LogP contribution < -0.4 is 5.43 Å². The molecule has 2 aromatic carbocycles. The number of amides is 3. The summed E-state index contributed by atoms with van der Waals surface area (Å²) in [5.74, 6) is -3.28. The number of carbonyl (C=O) groups excluding carboxylic acids is 5. The van der Waals surface area contributed by atoms with Gasteiger partial charge in [0.25, 0.3) is 17.7 Å². The number of rotatable bonds is 11. The highest BCUT2D eigenvalue weighted by Gasteiger charge is 2.44. The highest BCUT2D eigenvalue weighted by molar-refractivity contribution is 6.22. The van der Waals surface area contributed by atoms with E-state index >= 15 is 0 Å². The molecule has 2 aromatic rings. The zero-order chi connectivity index (χ0) is 25.4. The van der Waals surface area contributed by atoms with Crippen molar-refractivity contribution in [2.24, 2.45) is 0 Å². The number of imide groups is 1. The van der Waals surface area contributed by atoms with Gasteiger partial charge in [0.05, 0.1) is 17.7 Å². The number of fused-ring (bicyclic) bond motifs is 1. The Morgan fingerprint density at radius 3 is 2.09 bits per heavy atom. The lowest BCUT2D eigenvalue weighted by atomic mass is 10.1. The number of hydrogen-bond donors (Lipinski definition) is 1. The van der Waals surface area contributed by atoms with Gasteiger partial charge in [0.1, 0.15) is 19.2 Å². The van der Waals surface area contributed by atoms with Crippen LogP contribution in [-0.4, -0.2) is 65.8 Å². The van der Waals surface area contributed by atoms with Gasteiger partial charge < -0.3 is 9.47 Å². The van der Waals surface area contributed by atoms with Crippen molar-refractivity contribution in [3.05, 3.63) is 71.3 Å². The predicted octanol–water partition coefficient (Wildman–Crippen LogP) is 1.70. The first-order chi connectivity index (χ1) is 16.9. The third-order valence-electron chi connectivity index (χ3n) is 5.42. The number of esters is 2. The van der Waals surface area contributed by atoms with Crippen molar-refractivity contribution in [2.45, 2.75) is 32.4 Å². The molecular weight excluding hydrogens is 454 g/mol. The van der Waals surface area contributed by atoms with Crippen LogP contribution >= 0.6 is 0 Å². The van der Waals surface area contributed by atoms with Gasteiger partial charge in [-0.25, -0.2) is 5.43 Å². The number of nitrogens with one attached hydrogen (secondary N) is 1. The Hall–Kier alpha value is -4.05. The molecular formula is C25H27N3O7.